The third kappa shape index (κ3) is 0.853. The van der Waals surface area contributed by atoms with Crippen LogP contribution in [0, 0.1) is 0 Å². The largest absolute Gasteiger partial charge is 0.125 e. The predicted molar refractivity (Wildman–Crippen MR) is 45.6 cm³/mol. The van der Waals surface area contributed by atoms with Crippen molar-refractivity contribution in [1.29, 1.82) is 0 Å². The molecule has 0 saturated heterocycles. The molecule has 0 N–H and O–H groups in total. The summed E-state index contributed by atoms with van der Waals surface area (Å²) in [7, 11) is 0. The molecule has 1 heteroatoms. The predicted octanol–water partition coefficient (Wildman–Crippen LogP) is 2.90. The van der Waals surface area contributed by atoms with Gasteiger partial charge in [0.2, 0.25) is 0 Å². The molecule has 0 fully saturated rings. The Morgan fingerprint density at radius 2 is 2.20 bits per heavy atom. The maximum Gasteiger partial charge on any atom is 0.0107 e. The summed E-state index contributed by atoms with van der Waals surface area (Å²) in [4.78, 5) is 1.48. The van der Waals surface area contributed by atoms with Crippen molar-refractivity contribution in [2.24, 2.45) is 0 Å². The molecule has 2 rings (SSSR count). The number of hydrogen-bond acceptors (Lipinski definition) is 1. The second kappa shape index (κ2) is 2.31. The highest BCUT2D eigenvalue weighted by atomic mass is 32.2. The van der Waals surface area contributed by atoms with Crippen molar-refractivity contribution in [3.05, 3.63) is 29.8 Å². The molecule has 0 spiro atoms. The lowest BCUT2D eigenvalue weighted by Crippen LogP contribution is -1.87. The van der Waals surface area contributed by atoms with Crippen LogP contribution in [0.2, 0.25) is 0 Å². The van der Waals surface area contributed by atoms with Gasteiger partial charge in [-0.2, -0.15) is 0 Å². The van der Waals surface area contributed by atoms with E-state index in [0.717, 1.165) is 5.92 Å². The van der Waals surface area contributed by atoms with Crippen LogP contribution in [0.15, 0.2) is 29.2 Å². The van der Waals surface area contributed by atoms with Crippen LogP contribution in [0.4, 0.5) is 0 Å². The van der Waals surface area contributed by atoms with Crippen LogP contribution in [0.3, 0.4) is 0 Å². The molecule has 0 unspecified atom stereocenters. The minimum absolute atomic E-state index is 0.765. The lowest BCUT2D eigenvalue weighted by molar-refractivity contribution is 0.882. The van der Waals surface area contributed by atoms with Gasteiger partial charge in [-0.25, -0.2) is 0 Å². The molecule has 0 aromatic heterocycles. The minimum Gasteiger partial charge on any atom is -0.125 e. The van der Waals surface area contributed by atoms with E-state index in [-0.39, 0.29) is 0 Å². The Morgan fingerprint density at radius 1 is 1.40 bits per heavy atom. The Balaban J connectivity index is 2.51. The standard InChI is InChI=1S/C9H10S/c1-7-6-10-9-5-3-2-4-8(7)9/h2-5,7H,6H2,1H3/t7-/m0/s1. The van der Waals surface area contributed by atoms with E-state index in [4.69, 9.17) is 0 Å². The summed E-state index contributed by atoms with van der Waals surface area (Å²) in [6.07, 6.45) is 0. The van der Waals surface area contributed by atoms with E-state index in [1.165, 1.54) is 16.2 Å². The number of fused-ring (bicyclic) bond motifs is 1. The van der Waals surface area contributed by atoms with Gasteiger partial charge in [-0.15, -0.1) is 11.8 Å². The summed E-state index contributed by atoms with van der Waals surface area (Å²) in [5.74, 6) is 2.03. The van der Waals surface area contributed by atoms with Gasteiger partial charge in [0.05, 0.1) is 0 Å². The second-order valence-corrected chi connectivity index (χ2v) is 3.81. The summed E-state index contributed by atoms with van der Waals surface area (Å²) in [6, 6.07) is 8.69. The van der Waals surface area contributed by atoms with Gasteiger partial charge in [0.1, 0.15) is 0 Å². The highest BCUT2D eigenvalue weighted by Gasteiger charge is 2.17. The van der Waals surface area contributed by atoms with E-state index in [2.05, 4.69) is 31.2 Å². The van der Waals surface area contributed by atoms with Crippen LogP contribution < -0.4 is 0 Å². The summed E-state index contributed by atoms with van der Waals surface area (Å²) < 4.78 is 0. The average Bonchev–Trinajstić information content (AvgIpc) is 2.34. The molecule has 0 bridgehead atoms. The quantitative estimate of drug-likeness (QED) is 0.548. The first-order valence-electron chi connectivity index (χ1n) is 3.59. The molecule has 1 aliphatic rings. The smallest absolute Gasteiger partial charge is 0.0107 e. The van der Waals surface area contributed by atoms with Crippen molar-refractivity contribution in [2.45, 2.75) is 17.7 Å². The Kier molecular flexibility index (Phi) is 1.46. The van der Waals surface area contributed by atoms with Gasteiger partial charge >= 0.3 is 0 Å². The molecule has 10 heavy (non-hydrogen) atoms. The van der Waals surface area contributed by atoms with Crippen LogP contribution in [0.1, 0.15) is 18.4 Å². The first kappa shape index (κ1) is 6.29. The molecule has 0 radical (unpaired) electrons. The van der Waals surface area contributed by atoms with Crippen LogP contribution in [0.25, 0.3) is 0 Å². The Bertz CT molecular complexity index is 242. The van der Waals surface area contributed by atoms with Crippen LogP contribution in [-0.2, 0) is 0 Å². The van der Waals surface area contributed by atoms with E-state index in [0.29, 0.717) is 0 Å². The molecule has 0 nitrogen and oxygen atoms in total. The molecule has 1 heterocycles. The first-order chi connectivity index (χ1) is 4.88. The van der Waals surface area contributed by atoms with Gasteiger partial charge in [0, 0.05) is 10.6 Å². The Morgan fingerprint density at radius 3 is 3.00 bits per heavy atom. The van der Waals surface area contributed by atoms with Crippen LogP contribution in [-0.4, -0.2) is 5.75 Å². The molecule has 1 aromatic rings. The fraction of sp³-hybridized carbons (Fsp3) is 0.333. The molecule has 1 aliphatic heterocycles. The first-order valence-corrected chi connectivity index (χ1v) is 4.58. The molecule has 1 aromatic carbocycles. The van der Waals surface area contributed by atoms with Crippen molar-refractivity contribution in [3.63, 3.8) is 0 Å². The van der Waals surface area contributed by atoms with Gasteiger partial charge in [-0.1, -0.05) is 25.1 Å². The van der Waals surface area contributed by atoms with Gasteiger partial charge in [-0.3, -0.25) is 0 Å². The van der Waals surface area contributed by atoms with E-state index in [1.54, 1.807) is 0 Å². The molecule has 0 aliphatic carbocycles. The third-order valence-electron chi connectivity index (χ3n) is 1.94. The zero-order valence-corrected chi connectivity index (χ0v) is 6.82. The van der Waals surface area contributed by atoms with Gasteiger partial charge < -0.3 is 0 Å². The molecule has 0 amide bonds. The number of thioether (sulfide) groups is 1. The summed E-state index contributed by atoms with van der Waals surface area (Å²) in [5, 5.41) is 0. The van der Waals surface area contributed by atoms with Crippen molar-refractivity contribution in [1.82, 2.24) is 0 Å². The van der Waals surface area contributed by atoms with Gasteiger partial charge in [-0.05, 0) is 17.5 Å². The van der Waals surface area contributed by atoms with E-state index >= 15 is 0 Å². The monoisotopic (exact) mass is 150 g/mol. The van der Waals surface area contributed by atoms with Crippen molar-refractivity contribution >= 4 is 11.8 Å². The van der Waals surface area contributed by atoms with Gasteiger partial charge in [0.25, 0.3) is 0 Å². The zero-order valence-electron chi connectivity index (χ0n) is 6.00. The lowest BCUT2D eigenvalue weighted by Gasteiger charge is -1.99. The SMILES string of the molecule is C[C@H]1CSc2ccccc21. The van der Waals surface area contributed by atoms with Crippen molar-refractivity contribution in [3.8, 4) is 0 Å². The minimum atomic E-state index is 0.765. The molecule has 52 valence electrons. The zero-order chi connectivity index (χ0) is 6.97. The fourth-order valence-corrected chi connectivity index (χ4v) is 2.54. The summed E-state index contributed by atoms with van der Waals surface area (Å²) in [5.41, 5.74) is 1.53. The Labute approximate surface area is 65.6 Å². The van der Waals surface area contributed by atoms with Crippen LogP contribution >= 0.6 is 11.8 Å². The normalized spacial score (nSPS) is 22.7. The number of rotatable bonds is 0. The molecule has 1 atom stereocenters. The maximum absolute atomic E-state index is 2.29. The van der Waals surface area contributed by atoms with Gasteiger partial charge in [0.15, 0.2) is 0 Å². The average molecular weight is 150 g/mol. The van der Waals surface area contributed by atoms with E-state index in [9.17, 15) is 0 Å². The van der Waals surface area contributed by atoms with Crippen molar-refractivity contribution < 1.29 is 0 Å². The van der Waals surface area contributed by atoms with E-state index in [1.807, 2.05) is 11.8 Å². The van der Waals surface area contributed by atoms with E-state index < -0.39 is 0 Å². The summed E-state index contributed by atoms with van der Waals surface area (Å²) in [6.45, 7) is 2.29. The molecular weight excluding hydrogens is 140 g/mol. The molecular formula is C9H10S. The summed E-state index contributed by atoms with van der Waals surface area (Å²) >= 11 is 1.98. The van der Waals surface area contributed by atoms with Crippen molar-refractivity contribution in [2.75, 3.05) is 5.75 Å². The third-order valence-corrected chi connectivity index (χ3v) is 3.29. The number of hydrogen-bond donors (Lipinski definition) is 0. The highest BCUT2D eigenvalue weighted by molar-refractivity contribution is 7.99. The number of benzene rings is 1. The lowest BCUT2D eigenvalue weighted by atomic mass is 10.0. The van der Waals surface area contributed by atoms with Crippen LogP contribution in [0.5, 0.6) is 0 Å². The fourth-order valence-electron chi connectivity index (χ4n) is 1.32. The second-order valence-electron chi connectivity index (χ2n) is 2.75. The highest BCUT2D eigenvalue weighted by Crippen LogP contribution is 2.38. The Hall–Kier alpha value is -0.430. The maximum atomic E-state index is 2.29. The molecule has 0 saturated carbocycles. The topological polar surface area (TPSA) is 0 Å².